The summed E-state index contributed by atoms with van der Waals surface area (Å²) in [4.78, 5) is 9.89. The molecule has 5 N–H and O–H groups in total. The Morgan fingerprint density at radius 3 is 2.50 bits per heavy atom. The van der Waals surface area contributed by atoms with Gasteiger partial charge < -0.3 is 16.5 Å². The topological polar surface area (TPSA) is 89.3 Å². The summed E-state index contributed by atoms with van der Waals surface area (Å²) in [5, 5.41) is 8.11. The van der Waals surface area contributed by atoms with Crippen LogP contribution in [-0.2, 0) is 4.79 Å². The van der Waals surface area contributed by atoms with Gasteiger partial charge in [-0.1, -0.05) is 0 Å². The largest absolute Gasteiger partial charge is 0.480 e. The van der Waals surface area contributed by atoms with Crippen molar-refractivity contribution in [3.63, 3.8) is 0 Å². The van der Waals surface area contributed by atoms with Crippen molar-refractivity contribution >= 4 is 13.4 Å². The van der Waals surface area contributed by atoms with Crippen LogP contribution in [0.2, 0.25) is 6.32 Å². The number of carboxylic acid groups (broad SMARTS) is 1. The van der Waals surface area contributed by atoms with Crippen LogP contribution in [0.25, 0.3) is 0 Å². The molecule has 8 heavy (non-hydrogen) atoms. The molecule has 0 saturated carbocycles. The van der Waals surface area contributed by atoms with Gasteiger partial charge in [-0.15, -0.1) is 0 Å². The van der Waals surface area contributed by atoms with Gasteiger partial charge in [-0.25, -0.2) is 0 Å². The summed E-state index contributed by atoms with van der Waals surface area (Å²) in [6.07, 6.45) is 0.218. The SMILES string of the molecule is N[B]C[C@H](N)C(=O)O. The van der Waals surface area contributed by atoms with Crippen molar-refractivity contribution in [3.05, 3.63) is 0 Å². The quantitative estimate of drug-likeness (QED) is 0.386. The zero-order valence-electron chi connectivity index (χ0n) is 4.37. The van der Waals surface area contributed by atoms with E-state index in [-0.39, 0.29) is 6.32 Å². The van der Waals surface area contributed by atoms with Crippen molar-refractivity contribution < 1.29 is 9.90 Å². The zero-order valence-corrected chi connectivity index (χ0v) is 4.37. The molecule has 45 valence electrons. The van der Waals surface area contributed by atoms with E-state index in [0.717, 1.165) is 0 Å². The summed E-state index contributed by atoms with van der Waals surface area (Å²) in [5.41, 5.74) is 9.92. The molecule has 0 aromatic rings. The molecule has 0 saturated heterocycles. The number of hydrogen-bond donors (Lipinski definition) is 3. The van der Waals surface area contributed by atoms with Gasteiger partial charge in [-0.2, -0.15) is 0 Å². The number of carbonyl (C=O) groups is 1. The van der Waals surface area contributed by atoms with Crippen LogP contribution in [0, 0.1) is 0 Å². The molecule has 0 aliphatic carbocycles. The van der Waals surface area contributed by atoms with E-state index in [1.165, 1.54) is 7.41 Å². The van der Waals surface area contributed by atoms with Crippen LogP contribution >= 0.6 is 0 Å². The van der Waals surface area contributed by atoms with Crippen LogP contribution in [0.5, 0.6) is 0 Å². The van der Waals surface area contributed by atoms with Gasteiger partial charge in [-0.05, 0) is 6.32 Å². The molecule has 0 rings (SSSR count). The van der Waals surface area contributed by atoms with E-state index < -0.39 is 12.0 Å². The fraction of sp³-hybridized carbons (Fsp3) is 0.667. The van der Waals surface area contributed by atoms with Crippen LogP contribution < -0.4 is 11.4 Å². The van der Waals surface area contributed by atoms with E-state index in [1.54, 1.807) is 0 Å². The van der Waals surface area contributed by atoms with Crippen LogP contribution in [0.3, 0.4) is 0 Å². The first-order chi connectivity index (χ1) is 3.68. The molecule has 1 radical (unpaired) electrons. The van der Waals surface area contributed by atoms with E-state index in [1.807, 2.05) is 0 Å². The summed E-state index contributed by atoms with van der Waals surface area (Å²) in [5.74, 6) is -1.02. The van der Waals surface area contributed by atoms with E-state index in [0.29, 0.717) is 0 Å². The molecular weight excluding hydrogens is 107 g/mol. The van der Waals surface area contributed by atoms with Gasteiger partial charge in [0.1, 0.15) is 0 Å². The maximum absolute atomic E-state index is 9.89. The minimum Gasteiger partial charge on any atom is -0.480 e. The summed E-state index contributed by atoms with van der Waals surface area (Å²) in [7, 11) is 1.23. The van der Waals surface area contributed by atoms with E-state index in [2.05, 4.69) is 0 Å². The lowest BCUT2D eigenvalue weighted by Gasteiger charge is -1.99. The summed E-state index contributed by atoms with van der Waals surface area (Å²) < 4.78 is 0. The number of carboxylic acids is 1. The van der Waals surface area contributed by atoms with Gasteiger partial charge in [0.25, 0.3) is 0 Å². The second-order valence-electron chi connectivity index (χ2n) is 1.42. The standard InChI is InChI=1S/C3H8BN2O2/c5-2(1-4-6)3(7)8/h2H,1,5-6H2,(H,7,8)/t2-/m0/s1. The molecule has 0 amide bonds. The van der Waals surface area contributed by atoms with Crippen molar-refractivity contribution in [2.75, 3.05) is 0 Å². The first kappa shape index (κ1) is 7.45. The highest BCUT2D eigenvalue weighted by atomic mass is 16.4. The third-order valence-corrected chi connectivity index (χ3v) is 0.707. The molecule has 0 bridgehead atoms. The molecule has 0 fully saturated rings. The molecule has 0 spiro atoms. The third-order valence-electron chi connectivity index (χ3n) is 0.707. The number of nitrogens with two attached hydrogens (primary N) is 2. The Labute approximate surface area is 48.1 Å². The zero-order chi connectivity index (χ0) is 6.57. The Morgan fingerprint density at radius 2 is 2.38 bits per heavy atom. The van der Waals surface area contributed by atoms with Crippen molar-refractivity contribution in [2.24, 2.45) is 11.4 Å². The van der Waals surface area contributed by atoms with Crippen LogP contribution in [0.15, 0.2) is 0 Å². The molecule has 0 aliphatic rings. The number of rotatable bonds is 3. The summed E-state index contributed by atoms with van der Waals surface area (Å²) in [6, 6.07) is -0.847. The third kappa shape index (κ3) is 2.60. The summed E-state index contributed by atoms with van der Waals surface area (Å²) >= 11 is 0. The molecule has 0 aromatic carbocycles. The maximum atomic E-state index is 9.89. The minimum atomic E-state index is -1.02. The monoisotopic (exact) mass is 115 g/mol. The Balaban J connectivity index is 3.32. The fourth-order valence-electron chi connectivity index (χ4n) is 0.247. The fourth-order valence-corrected chi connectivity index (χ4v) is 0.247. The van der Waals surface area contributed by atoms with Crippen LogP contribution in [0.1, 0.15) is 0 Å². The van der Waals surface area contributed by atoms with Gasteiger partial charge >= 0.3 is 5.97 Å². The summed E-state index contributed by atoms with van der Waals surface area (Å²) in [6.45, 7) is 0. The highest BCUT2D eigenvalue weighted by molar-refractivity contribution is 6.31. The molecular formula is C3H8BN2O2. The van der Waals surface area contributed by atoms with Crippen molar-refractivity contribution in [3.8, 4) is 0 Å². The van der Waals surface area contributed by atoms with Gasteiger partial charge in [0.05, 0.1) is 6.04 Å². The highest BCUT2D eigenvalue weighted by Gasteiger charge is 2.08. The van der Waals surface area contributed by atoms with Crippen LogP contribution in [-0.4, -0.2) is 24.5 Å². The van der Waals surface area contributed by atoms with Gasteiger partial charge in [0, 0.05) is 0 Å². The molecule has 5 heteroatoms. The maximum Gasteiger partial charge on any atom is 0.319 e. The second-order valence-corrected chi connectivity index (χ2v) is 1.42. The van der Waals surface area contributed by atoms with E-state index in [9.17, 15) is 4.79 Å². The Kier molecular flexibility index (Phi) is 3.22. The Morgan fingerprint density at radius 1 is 1.88 bits per heavy atom. The van der Waals surface area contributed by atoms with Gasteiger partial charge in [0.15, 0.2) is 0 Å². The van der Waals surface area contributed by atoms with Crippen molar-refractivity contribution in [2.45, 2.75) is 12.4 Å². The van der Waals surface area contributed by atoms with E-state index in [4.69, 9.17) is 16.5 Å². The van der Waals surface area contributed by atoms with Crippen molar-refractivity contribution in [1.82, 2.24) is 0 Å². The highest BCUT2D eigenvalue weighted by Crippen LogP contribution is 1.82. The average molecular weight is 115 g/mol. The lowest BCUT2D eigenvalue weighted by atomic mass is 9.87. The Bertz CT molecular complexity index is 87.4. The Hall–Kier alpha value is -0.545. The predicted molar refractivity (Wildman–Crippen MR) is 30.4 cm³/mol. The van der Waals surface area contributed by atoms with Crippen LogP contribution in [0.4, 0.5) is 0 Å². The van der Waals surface area contributed by atoms with Gasteiger partial charge in [-0.3, -0.25) is 4.79 Å². The average Bonchev–Trinajstić information content (AvgIpc) is 1.67. The first-order valence-electron chi connectivity index (χ1n) is 2.20. The lowest BCUT2D eigenvalue weighted by Crippen LogP contribution is -2.32. The first-order valence-corrected chi connectivity index (χ1v) is 2.20. The molecule has 0 aromatic heterocycles. The van der Waals surface area contributed by atoms with Gasteiger partial charge in [0.2, 0.25) is 7.41 Å². The molecule has 4 nitrogen and oxygen atoms in total. The molecule has 0 heterocycles. The van der Waals surface area contributed by atoms with E-state index >= 15 is 0 Å². The normalized spacial score (nSPS) is 12.8. The number of hydrogen-bond acceptors (Lipinski definition) is 3. The smallest absolute Gasteiger partial charge is 0.319 e. The predicted octanol–water partition coefficient (Wildman–Crippen LogP) is -1.61. The molecule has 1 atom stereocenters. The van der Waals surface area contributed by atoms with Crippen molar-refractivity contribution in [1.29, 1.82) is 0 Å². The number of aliphatic carboxylic acids is 1. The minimum absolute atomic E-state index is 0.218. The second kappa shape index (κ2) is 3.46. The lowest BCUT2D eigenvalue weighted by molar-refractivity contribution is -0.138. The molecule has 0 unspecified atom stereocenters. The molecule has 0 aliphatic heterocycles.